The number of H-pyrrole nitrogens is 1. The van der Waals surface area contributed by atoms with Crippen molar-refractivity contribution in [3.63, 3.8) is 0 Å². The monoisotopic (exact) mass is 476 g/mol. The second-order valence-electron chi connectivity index (χ2n) is 9.26. The Balaban J connectivity index is 1.35. The Morgan fingerprint density at radius 3 is 2.65 bits per heavy atom. The van der Waals surface area contributed by atoms with Crippen LogP contribution in [0, 0.1) is 0 Å². The zero-order valence-electron chi connectivity index (χ0n) is 19.8. The molecule has 0 amide bonds. The summed E-state index contributed by atoms with van der Waals surface area (Å²) in [5.41, 5.74) is 3.25. The molecule has 1 N–H and O–H groups in total. The maximum Gasteiger partial charge on any atom is 0.162 e. The van der Waals surface area contributed by atoms with Crippen molar-refractivity contribution in [3.05, 3.63) is 41.4 Å². The molecule has 0 bridgehead atoms. The number of aromatic amines is 1. The van der Waals surface area contributed by atoms with Crippen molar-refractivity contribution in [3.8, 4) is 11.4 Å². The molecule has 7 nitrogen and oxygen atoms in total. The number of anilines is 1. The van der Waals surface area contributed by atoms with Crippen molar-refractivity contribution in [1.82, 2.24) is 24.8 Å². The topological polar surface area (TPSA) is 60.5 Å². The Morgan fingerprint density at radius 1 is 1.00 bits per heavy atom. The van der Waals surface area contributed by atoms with Crippen LogP contribution in [-0.2, 0) is 11.3 Å². The first-order chi connectivity index (χ1) is 16.8. The number of ether oxygens (including phenoxy) is 1. The predicted molar refractivity (Wildman–Crippen MR) is 140 cm³/mol. The van der Waals surface area contributed by atoms with Gasteiger partial charge in [0.05, 0.1) is 23.4 Å². The summed E-state index contributed by atoms with van der Waals surface area (Å²) in [5, 5.41) is 1.16. The Kier molecular flexibility index (Phi) is 6.22. The van der Waals surface area contributed by atoms with E-state index < -0.39 is 0 Å². The number of nitrogens with zero attached hydrogens (tertiary/aromatic N) is 5. The molecule has 2 fully saturated rings. The molecule has 0 radical (unpaired) electrons. The maximum atomic E-state index is 5.63. The number of nitrogens with one attached hydrogen (secondary N) is 1. The minimum Gasteiger partial charge on any atom is -0.378 e. The lowest BCUT2D eigenvalue weighted by Crippen LogP contribution is -2.45. The summed E-state index contributed by atoms with van der Waals surface area (Å²) >= 11 is 1.86. The highest BCUT2D eigenvalue weighted by atomic mass is 32.1. The number of hydrogen-bond acceptors (Lipinski definition) is 7. The quantitative estimate of drug-likeness (QED) is 0.450. The van der Waals surface area contributed by atoms with E-state index in [-0.39, 0.29) is 0 Å². The van der Waals surface area contributed by atoms with Gasteiger partial charge < -0.3 is 19.5 Å². The third-order valence-electron chi connectivity index (χ3n) is 6.94. The molecule has 4 aromatic rings. The third kappa shape index (κ3) is 4.31. The van der Waals surface area contributed by atoms with Crippen molar-refractivity contribution < 1.29 is 4.74 Å². The van der Waals surface area contributed by atoms with Crippen molar-refractivity contribution in [2.24, 2.45) is 0 Å². The standard InChI is InChI=1S/C26H32N6OS/c1-2-8-30-9-11-31(12-10-30)18-19-17-23-24(34-19)26(32-13-15-33-16-14-32)29-25(28-23)21-4-3-5-22-20(21)6-7-27-22/h3-7,17,27H,2,8-16,18H2,1H3. The van der Waals surface area contributed by atoms with E-state index >= 15 is 0 Å². The van der Waals surface area contributed by atoms with E-state index in [1.165, 1.54) is 35.6 Å². The van der Waals surface area contributed by atoms with Gasteiger partial charge in [0.25, 0.3) is 0 Å². The lowest BCUT2D eigenvalue weighted by Gasteiger charge is -2.34. The Labute approximate surface area is 204 Å². The van der Waals surface area contributed by atoms with Crippen LogP contribution in [0.5, 0.6) is 0 Å². The van der Waals surface area contributed by atoms with Crippen LogP contribution >= 0.6 is 11.3 Å². The van der Waals surface area contributed by atoms with Crippen LogP contribution in [0.15, 0.2) is 36.5 Å². The smallest absolute Gasteiger partial charge is 0.162 e. The fourth-order valence-corrected chi connectivity index (χ4v) is 6.30. The first kappa shape index (κ1) is 22.0. The van der Waals surface area contributed by atoms with Gasteiger partial charge in [0.2, 0.25) is 0 Å². The third-order valence-corrected chi connectivity index (χ3v) is 8.04. The van der Waals surface area contributed by atoms with E-state index in [0.29, 0.717) is 0 Å². The summed E-state index contributed by atoms with van der Waals surface area (Å²) in [6.45, 7) is 12.3. The summed E-state index contributed by atoms with van der Waals surface area (Å²) in [4.78, 5) is 22.5. The number of morpholine rings is 1. The van der Waals surface area contributed by atoms with Gasteiger partial charge in [-0.1, -0.05) is 19.1 Å². The molecule has 1 aromatic carbocycles. The highest BCUT2D eigenvalue weighted by molar-refractivity contribution is 7.19. The summed E-state index contributed by atoms with van der Waals surface area (Å²) < 4.78 is 6.83. The molecule has 34 heavy (non-hydrogen) atoms. The zero-order valence-corrected chi connectivity index (χ0v) is 20.6. The Hall–Kier alpha value is -2.52. The van der Waals surface area contributed by atoms with E-state index in [1.54, 1.807) is 0 Å². The average molecular weight is 477 g/mol. The Morgan fingerprint density at radius 2 is 1.82 bits per heavy atom. The van der Waals surface area contributed by atoms with E-state index in [2.05, 4.69) is 56.9 Å². The van der Waals surface area contributed by atoms with Crippen LogP contribution in [0.25, 0.3) is 32.5 Å². The SMILES string of the molecule is CCCN1CCN(Cc2cc3nc(-c4cccc5[nH]ccc45)nc(N4CCOCC4)c3s2)CC1. The van der Waals surface area contributed by atoms with Crippen LogP contribution in [0.3, 0.4) is 0 Å². The number of aromatic nitrogens is 3. The zero-order chi connectivity index (χ0) is 22.9. The van der Waals surface area contributed by atoms with Crippen LogP contribution in [0.4, 0.5) is 5.82 Å². The molecular formula is C26H32N6OS. The minimum atomic E-state index is 0.745. The van der Waals surface area contributed by atoms with Gasteiger partial charge in [0.15, 0.2) is 11.6 Å². The molecule has 3 aromatic heterocycles. The lowest BCUT2D eigenvalue weighted by molar-refractivity contribution is 0.122. The van der Waals surface area contributed by atoms with Gasteiger partial charge in [0, 0.05) is 73.4 Å². The molecule has 0 saturated carbocycles. The van der Waals surface area contributed by atoms with E-state index in [9.17, 15) is 0 Å². The molecule has 178 valence electrons. The van der Waals surface area contributed by atoms with Crippen LogP contribution in [0.1, 0.15) is 18.2 Å². The van der Waals surface area contributed by atoms with Gasteiger partial charge in [-0.15, -0.1) is 11.3 Å². The largest absolute Gasteiger partial charge is 0.378 e. The van der Waals surface area contributed by atoms with Crippen LogP contribution in [0.2, 0.25) is 0 Å². The summed E-state index contributed by atoms with van der Waals surface area (Å²) in [6.07, 6.45) is 3.22. The van der Waals surface area contributed by atoms with Crippen molar-refractivity contribution in [2.75, 3.05) is 63.9 Å². The first-order valence-corrected chi connectivity index (χ1v) is 13.2. The molecule has 5 heterocycles. The first-order valence-electron chi connectivity index (χ1n) is 12.4. The second-order valence-corrected chi connectivity index (χ2v) is 10.4. The van der Waals surface area contributed by atoms with Crippen molar-refractivity contribution in [1.29, 1.82) is 0 Å². The molecule has 6 rings (SSSR count). The molecular weight excluding hydrogens is 444 g/mol. The minimum absolute atomic E-state index is 0.745. The molecule has 0 unspecified atom stereocenters. The van der Waals surface area contributed by atoms with Gasteiger partial charge in [-0.05, 0) is 31.2 Å². The number of piperazine rings is 1. The predicted octanol–water partition coefficient (Wildman–Crippen LogP) is 4.20. The number of rotatable bonds is 6. The molecule has 2 aliphatic rings. The molecule has 2 aliphatic heterocycles. The average Bonchev–Trinajstić information content (AvgIpc) is 3.52. The number of benzene rings is 1. The summed E-state index contributed by atoms with van der Waals surface area (Å²) in [5.74, 6) is 1.86. The highest BCUT2D eigenvalue weighted by Gasteiger charge is 2.22. The van der Waals surface area contributed by atoms with Crippen LogP contribution in [-0.4, -0.2) is 83.8 Å². The maximum absolute atomic E-state index is 5.63. The molecule has 0 spiro atoms. The molecule has 0 atom stereocenters. The second kappa shape index (κ2) is 9.62. The van der Waals surface area contributed by atoms with E-state index in [4.69, 9.17) is 14.7 Å². The van der Waals surface area contributed by atoms with Gasteiger partial charge in [-0.25, -0.2) is 9.97 Å². The van der Waals surface area contributed by atoms with Crippen molar-refractivity contribution >= 4 is 38.3 Å². The fourth-order valence-electron chi connectivity index (χ4n) is 5.14. The summed E-state index contributed by atoms with van der Waals surface area (Å²) in [6, 6.07) is 10.7. The Bertz CT molecular complexity index is 1270. The summed E-state index contributed by atoms with van der Waals surface area (Å²) in [7, 11) is 0. The fraction of sp³-hybridized carbons (Fsp3) is 0.462. The van der Waals surface area contributed by atoms with Gasteiger partial charge in [-0.2, -0.15) is 0 Å². The lowest BCUT2D eigenvalue weighted by atomic mass is 10.1. The van der Waals surface area contributed by atoms with Gasteiger partial charge >= 0.3 is 0 Å². The van der Waals surface area contributed by atoms with E-state index in [1.807, 2.05) is 17.5 Å². The van der Waals surface area contributed by atoms with Gasteiger partial charge in [0.1, 0.15) is 0 Å². The number of thiophene rings is 1. The van der Waals surface area contributed by atoms with Crippen LogP contribution < -0.4 is 4.90 Å². The number of hydrogen-bond donors (Lipinski definition) is 1. The molecule has 2 saturated heterocycles. The molecule has 0 aliphatic carbocycles. The normalized spacial score (nSPS) is 18.3. The van der Waals surface area contributed by atoms with Crippen molar-refractivity contribution in [2.45, 2.75) is 19.9 Å². The van der Waals surface area contributed by atoms with Gasteiger partial charge in [-0.3, -0.25) is 4.90 Å². The highest BCUT2D eigenvalue weighted by Crippen LogP contribution is 2.36. The van der Waals surface area contributed by atoms with E-state index in [0.717, 1.165) is 79.6 Å². The number of fused-ring (bicyclic) bond motifs is 2. The molecule has 8 heteroatoms.